The Bertz CT molecular complexity index is 703. The van der Waals surface area contributed by atoms with E-state index in [0.717, 1.165) is 10.0 Å². The number of aliphatic imine (C=N–C) groups is 2. The van der Waals surface area contributed by atoms with E-state index in [2.05, 4.69) is 25.9 Å². The fraction of sp³-hybridized carbons (Fsp3) is 0.286. The van der Waals surface area contributed by atoms with Gasteiger partial charge >= 0.3 is 0 Å². The molecule has 0 radical (unpaired) electrons. The van der Waals surface area contributed by atoms with Crippen molar-refractivity contribution in [1.82, 2.24) is 5.06 Å². The smallest absolute Gasteiger partial charge is 0.226 e. The minimum absolute atomic E-state index is 0.126. The largest absolute Gasteiger partial charge is 0.368 e. The van der Waals surface area contributed by atoms with Crippen molar-refractivity contribution in [1.29, 1.82) is 0 Å². The van der Waals surface area contributed by atoms with E-state index in [1.54, 1.807) is 12.1 Å². The summed E-state index contributed by atoms with van der Waals surface area (Å²) in [6.07, 6.45) is 3.62. The van der Waals surface area contributed by atoms with Crippen molar-refractivity contribution >= 4 is 57.1 Å². The van der Waals surface area contributed by atoms with Crippen LogP contribution in [0.4, 0.5) is 0 Å². The van der Waals surface area contributed by atoms with Gasteiger partial charge in [0.15, 0.2) is 5.66 Å². The van der Waals surface area contributed by atoms with Crippen LogP contribution in [0.3, 0.4) is 0 Å². The fourth-order valence-corrected chi connectivity index (χ4v) is 2.78. The number of nitrogens with two attached hydrogens (primary N) is 2. The number of nitrogens with zero attached hydrogens (tertiary/aromatic N) is 3. The van der Waals surface area contributed by atoms with Crippen molar-refractivity contribution in [3.8, 4) is 0 Å². The first kappa shape index (κ1) is 18.1. The lowest BCUT2D eigenvalue weighted by molar-refractivity contribution is -0.146. The number of hydrogen-bond donors (Lipinski definition) is 2. The van der Waals surface area contributed by atoms with E-state index < -0.39 is 5.66 Å². The molecule has 6 nitrogen and oxygen atoms in total. The van der Waals surface area contributed by atoms with Crippen molar-refractivity contribution in [2.24, 2.45) is 21.5 Å². The predicted molar refractivity (Wildman–Crippen MR) is 98.3 cm³/mol. The Morgan fingerprint density at radius 1 is 1.30 bits per heavy atom. The number of benzene rings is 1. The molecule has 1 aromatic carbocycles. The van der Waals surface area contributed by atoms with E-state index >= 15 is 0 Å². The highest BCUT2D eigenvalue weighted by Gasteiger charge is 2.32. The quantitative estimate of drug-likeness (QED) is 0.730. The fourth-order valence-electron chi connectivity index (χ4n) is 1.98. The van der Waals surface area contributed by atoms with Crippen molar-refractivity contribution in [2.75, 3.05) is 6.61 Å². The molecule has 1 aromatic rings. The number of halogens is 3. The molecule has 1 aliphatic rings. The second-order valence-electron chi connectivity index (χ2n) is 5.21. The Morgan fingerprint density at radius 3 is 2.65 bits per heavy atom. The summed E-state index contributed by atoms with van der Waals surface area (Å²) in [5, 5.41) is 2.51. The molecule has 0 bridgehead atoms. The molecule has 4 N–H and O–H groups in total. The third kappa shape index (κ3) is 4.38. The third-order valence-corrected chi connectivity index (χ3v) is 4.48. The summed E-state index contributed by atoms with van der Waals surface area (Å²) in [7, 11) is 0. The van der Waals surface area contributed by atoms with E-state index in [4.69, 9.17) is 39.5 Å². The lowest BCUT2D eigenvalue weighted by atomic mass is 10.2. The Kier molecular flexibility index (Phi) is 5.57. The summed E-state index contributed by atoms with van der Waals surface area (Å²) in [4.78, 5) is 13.7. The maximum atomic E-state index is 6.14. The topological polar surface area (TPSA) is 89.2 Å². The first-order valence-corrected chi connectivity index (χ1v) is 8.19. The lowest BCUT2D eigenvalue weighted by Gasteiger charge is -2.36. The van der Waals surface area contributed by atoms with E-state index in [1.165, 1.54) is 5.06 Å². The van der Waals surface area contributed by atoms with E-state index in [0.29, 0.717) is 10.0 Å². The summed E-state index contributed by atoms with van der Waals surface area (Å²) >= 11 is 15.5. The van der Waals surface area contributed by atoms with Crippen LogP contribution < -0.4 is 11.5 Å². The van der Waals surface area contributed by atoms with E-state index in [-0.39, 0.29) is 18.5 Å². The Morgan fingerprint density at radius 2 is 2.00 bits per heavy atom. The van der Waals surface area contributed by atoms with Gasteiger partial charge in [0.25, 0.3) is 0 Å². The third-order valence-electron chi connectivity index (χ3n) is 2.96. The highest BCUT2D eigenvalue weighted by atomic mass is 79.9. The van der Waals surface area contributed by atoms with Crippen LogP contribution in [-0.2, 0) is 4.84 Å². The maximum absolute atomic E-state index is 6.14. The van der Waals surface area contributed by atoms with Crippen molar-refractivity contribution in [2.45, 2.75) is 19.5 Å². The monoisotopic (exact) mass is 419 g/mol. The van der Waals surface area contributed by atoms with Crippen LogP contribution in [0.15, 0.2) is 32.7 Å². The van der Waals surface area contributed by atoms with Gasteiger partial charge in [-0.05, 0) is 47.5 Å². The van der Waals surface area contributed by atoms with Gasteiger partial charge in [0.1, 0.15) is 0 Å². The normalized spacial score (nSPS) is 17.3. The molecule has 0 aromatic heterocycles. The highest BCUT2D eigenvalue weighted by Crippen LogP contribution is 2.30. The minimum Gasteiger partial charge on any atom is -0.368 e. The molecular formula is C14H16BrCl2N5O. The molecule has 1 aliphatic heterocycles. The van der Waals surface area contributed by atoms with Crippen LogP contribution in [0.2, 0.25) is 10.0 Å². The van der Waals surface area contributed by atoms with Crippen LogP contribution in [0.25, 0.3) is 6.08 Å². The van der Waals surface area contributed by atoms with Gasteiger partial charge in [-0.25, -0.2) is 4.99 Å². The zero-order valence-electron chi connectivity index (χ0n) is 12.6. The zero-order chi connectivity index (χ0) is 17.2. The summed E-state index contributed by atoms with van der Waals surface area (Å²) in [5.74, 6) is 0.281. The van der Waals surface area contributed by atoms with Gasteiger partial charge in [-0.1, -0.05) is 35.4 Å². The molecule has 0 atom stereocenters. The molecule has 0 unspecified atom stereocenters. The van der Waals surface area contributed by atoms with Gasteiger partial charge < -0.3 is 11.5 Å². The lowest BCUT2D eigenvalue weighted by Crippen LogP contribution is -2.53. The molecule has 0 aliphatic carbocycles. The summed E-state index contributed by atoms with van der Waals surface area (Å²) in [6.45, 7) is 3.89. The van der Waals surface area contributed by atoms with Crippen LogP contribution in [0, 0.1) is 0 Å². The average Bonchev–Trinajstić information content (AvgIpc) is 2.41. The van der Waals surface area contributed by atoms with Crippen molar-refractivity contribution in [3.05, 3.63) is 38.3 Å². The standard InChI is InChI=1S/C14H16BrCl2N5O/c1-14(2)21-12(18)20-13(19)22(14)23-5-3-4-8-6-9(15)11(17)7-10(8)16/h3-4,6-7H,5H2,1-2H3,(H4,18,19,20,21)/b4-3+. The van der Waals surface area contributed by atoms with Gasteiger partial charge in [0, 0.05) is 9.50 Å². The maximum Gasteiger partial charge on any atom is 0.226 e. The molecule has 0 saturated carbocycles. The molecule has 0 spiro atoms. The predicted octanol–water partition coefficient (Wildman–Crippen LogP) is 3.38. The molecule has 0 amide bonds. The molecule has 2 rings (SSSR count). The summed E-state index contributed by atoms with van der Waals surface area (Å²) in [5.41, 5.74) is 11.5. The van der Waals surface area contributed by atoms with E-state index in [9.17, 15) is 0 Å². The van der Waals surface area contributed by atoms with E-state index in [1.807, 2.05) is 26.0 Å². The molecule has 0 saturated heterocycles. The summed E-state index contributed by atoms with van der Waals surface area (Å²) < 4.78 is 0.766. The molecule has 124 valence electrons. The Hall–Kier alpha value is -1.28. The average molecular weight is 421 g/mol. The van der Waals surface area contributed by atoms with Gasteiger partial charge in [-0.3, -0.25) is 4.84 Å². The molecular weight excluding hydrogens is 405 g/mol. The van der Waals surface area contributed by atoms with Crippen LogP contribution in [0.1, 0.15) is 19.4 Å². The number of guanidine groups is 2. The molecule has 23 heavy (non-hydrogen) atoms. The second-order valence-corrected chi connectivity index (χ2v) is 6.88. The molecule has 9 heteroatoms. The van der Waals surface area contributed by atoms with Crippen LogP contribution >= 0.6 is 39.1 Å². The van der Waals surface area contributed by atoms with Gasteiger partial charge in [-0.2, -0.15) is 10.1 Å². The van der Waals surface area contributed by atoms with Crippen LogP contribution in [0.5, 0.6) is 0 Å². The zero-order valence-corrected chi connectivity index (χ0v) is 15.7. The first-order chi connectivity index (χ1) is 10.7. The SMILES string of the molecule is CC1(C)N=C(N)N=C(N)N1OC/C=C/c1cc(Br)c(Cl)cc1Cl. The minimum atomic E-state index is -0.731. The second kappa shape index (κ2) is 7.09. The summed E-state index contributed by atoms with van der Waals surface area (Å²) in [6, 6.07) is 3.50. The first-order valence-electron chi connectivity index (χ1n) is 6.64. The van der Waals surface area contributed by atoms with Gasteiger partial charge in [0.05, 0.1) is 11.6 Å². The Balaban J connectivity index is 2.03. The van der Waals surface area contributed by atoms with Crippen molar-refractivity contribution in [3.63, 3.8) is 0 Å². The van der Waals surface area contributed by atoms with Gasteiger partial charge in [0.2, 0.25) is 11.9 Å². The molecule has 1 heterocycles. The molecule has 0 fully saturated rings. The number of hydroxylamine groups is 2. The van der Waals surface area contributed by atoms with Gasteiger partial charge in [-0.15, -0.1) is 0 Å². The number of hydrogen-bond acceptors (Lipinski definition) is 6. The highest BCUT2D eigenvalue weighted by molar-refractivity contribution is 9.10. The van der Waals surface area contributed by atoms with Crippen molar-refractivity contribution < 1.29 is 4.84 Å². The Labute approximate surface area is 152 Å². The van der Waals surface area contributed by atoms with Crippen LogP contribution in [-0.4, -0.2) is 29.3 Å². The number of rotatable bonds is 4.